The van der Waals surface area contributed by atoms with Gasteiger partial charge in [0.15, 0.2) is 5.75 Å². The van der Waals surface area contributed by atoms with E-state index in [2.05, 4.69) is 17.5 Å². The van der Waals surface area contributed by atoms with Crippen LogP contribution in [0.25, 0.3) is 0 Å². The van der Waals surface area contributed by atoms with Crippen LogP contribution in [0.15, 0.2) is 42.5 Å². The van der Waals surface area contributed by atoms with Crippen LogP contribution in [0.5, 0.6) is 5.75 Å². The van der Waals surface area contributed by atoms with E-state index in [4.69, 9.17) is 27.9 Å². The summed E-state index contributed by atoms with van der Waals surface area (Å²) in [7, 11) is 1.43. The second kappa shape index (κ2) is 6.49. The first-order valence-corrected chi connectivity index (χ1v) is 9.00. The Morgan fingerprint density at radius 2 is 2.08 bits per heavy atom. The molecule has 1 aliphatic heterocycles. The molecule has 0 amide bonds. The topological polar surface area (TPSA) is 64.4 Å². The van der Waals surface area contributed by atoms with Gasteiger partial charge in [0.05, 0.1) is 33.8 Å². The molecule has 1 N–H and O–H groups in total. The third kappa shape index (κ3) is 2.63. The van der Waals surface area contributed by atoms with E-state index in [1.165, 1.54) is 7.11 Å². The highest BCUT2D eigenvalue weighted by Crippen LogP contribution is 2.53. The van der Waals surface area contributed by atoms with Crippen molar-refractivity contribution < 1.29 is 9.66 Å². The van der Waals surface area contributed by atoms with E-state index in [9.17, 15) is 10.1 Å². The molecular weight excluding hydrogens is 375 g/mol. The number of allylic oxidation sites excluding steroid dienone is 2. The number of rotatable bonds is 3. The number of anilines is 1. The highest BCUT2D eigenvalue weighted by molar-refractivity contribution is 6.43. The zero-order valence-corrected chi connectivity index (χ0v) is 15.4. The lowest BCUT2D eigenvalue weighted by atomic mass is 9.77. The maximum atomic E-state index is 11.4. The van der Waals surface area contributed by atoms with Crippen molar-refractivity contribution in [2.24, 2.45) is 5.92 Å². The zero-order chi connectivity index (χ0) is 18.4. The van der Waals surface area contributed by atoms with E-state index in [0.717, 1.165) is 23.2 Å². The number of hydrogen-bond donors (Lipinski definition) is 1. The summed E-state index contributed by atoms with van der Waals surface area (Å²) in [6.45, 7) is 0. The lowest BCUT2D eigenvalue weighted by molar-refractivity contribution is -0.385. The quantitative estimate of drug-likeness (QED) is 0.412. The van der Waals surface area contributed by atoms with Gasteiger partial charge in [-0.3, -0.25) is 10.1 Å². The van der Waals surface area contributed by atoms with Gasteiger partial charge in [-0.1, -0.05) is 47.5 Å². The molecule has 2 aromatic rings. The molecule has 0 spiro atoms. The van der Waals surface area contributed by atoms with Crippen LogP contribution in [0.4, 0.5) is 11.4 Å². The second-order valence-electron chi connectivity index (χ2n) is 6.49. The zero-order valence-electron chi connectivity index (χ0n) is 13.9. The van der Waals surface area contributed by atoms with E-state index in [1.54, 1.807) is 12.1 Å². The third-order valence-corrected chi connectivity index (χ3v) is 5.99. The van der Waals surface area contributed by atoms with Gasteiger partial charge in [0.25, 0.3) is 0 Å². The predicted molar refractivity (Wildman–Crippen MR) is 102 cm³/mol. The van der Waals surface area contributed by atoms with Gasteiger partial charge in [-0.25, -0.2) is 0 Å². The third-order valence-electron chi connectivity index (χ3n) is 5.19. The number of nitrogens with one attached hydrogen (secondary N) is 1. The summed E-state index contributed by atoms with van der Waals surface area (Å²) in [5, 5.41) is 15.8. The molecule has 2 aromatic carbocycles. The molecule has 1 heterocycles. The summed E-state index contributed by atoms with van der Waals surface area (Å²) in [4.78, 5) is 11.0. The Kier molecular flexibility index (Phi) is 4.29. The van der Waals surface area contributed by atoms with Crippen molar-refractivity contribution in [1.82, 2.24) is 0 Å². The summed E-state index contributed by atoms with van der Waals surface area (Å²) in [5.41, 5.74) is 2.70. The van der Waals surface area contributed by atoms with Crippen LogP contribution in [0, 0.1) is 16.0 Å². The van der Waals surface area contributed by atoms with Crippen LogP contribution in [0.3, 0.4) is 0 Å². The normalized spacial score (nSPS) is 23.1. The molecular formula is C19H16Cl2N2O3. The number of hydrogen-bond acceptors (Lipinski definition) is 4. The smallest absolute Gasteiger partial charge is 0.311 e. The molecule has 0 bridgehead atoms. The Balaban J connectivity index is 1.82. The van der Waals surface area contributed by atoms with Gasteiger partial charge < -0.3 is 10.1 Å². The molecule has 7 heteroatoms. The highest BCUT2D eigenvalue weighted by atomic mass is 35.5. The van der Waals surface area contributed by atoms with Gasteiger partial charge in [0, 0.05) is 12.0 Å². The van der Waals surface area contributed by atoms with Crippen molar-refractivity contribution in [2.75, 3.05) is 12.4 Å². The largest absolute Gasteiger partial charge is 0.490 e. The SMILES string of the molecule is COc1ccc(C2Nc3c(ccc(Cl)c3Cl)C3C=CCC32)cc1[N+](=O)[O-]. The van der Waals surface area contributed by atoms with Crippen LogP contribution in [0.2, 0.25) is 10.0 Å². The molecule has 4 rings (SSSR count). The fourth-order valence-electron chi connectivity index (χ4n) is 3.98. The minimum absolute atomic E-state index is 0.0442. The van der Waals surface area contributed by atoms with Crippen molar-refractivity contribution in [3.8, 4) is 5.75 Å². The Morgan fingerprint density at radius 1 is 1.27 bits per heavy atom. The maximum Gasteiger partial charge on any atom is 0.311 e. The molecule has 26 heavy (non-hydrogen) atoms. The fourth-order valence-corrected chi connectivity index (χ4v) is 4.36. The molecule has 0 saturated heterocycles. The Labute approximate surface area is 160 Å². The van der Waals surface area contributed by atoms with Gasteiger partial charge in [0.1, 0.15) is 0 Å². The molecule has 5 nitrogen and oxygen atoms in total. The molecule has 0 aromatic heterocycles. The van der Waals surface area contributed by atoms with Crippen LogP contribution in [0.1, 0.15) is 29.5 Å². The van der Waals surface area contributed by atoms with Gasteiger partial charge in [-0.2, -0.15) is 0 Å². The molecule has 0 radical (unpaired) electrons. The van der Waals surface area contributed by atoms with Crippen LogP contribution >= 0.6 is 23.2 Å². The van der Waals surface area contributed by atoms with E-state index < -0.39 is 4.92 Å². The first-order valence-electron chi connectivity index (χ1n) is 8.24. The highest BCUT2D eigenvalue weighted by Gasteiger charge is 2.39. The monoisotopic (exact) mass is 390 g/mol. The Bertz CT molecular complexity index is 929. The molecule has 3 unspecified atom stereocenters. The van der Waals surface area contributed by atoms with Crippen LogP contribution in [-0.4, -0.2) is 12.0 Å². The van der Waals surface area contributed by atoms with E-state index >= 15 is 0 Å². The van der Waals surface area contributed by atoms with Gasteiger partial charge in [-0.05, 0) is 35.6 Å². The molecule has 134 valence electrons. The molecule has 0 saturated carbocycles. The number of nitro benzene ring substituents is 1. The molecule has 0 fully saturated rings. The minimum Gasteiger partial charge on any atom is -0.490 e. The van der Waals surface area contributed by atoms with E-state index in [1.807, 2.05) is 18.2 Å². The number of nitrogens with zero attached hydrogens (tertiary/aromatic N) is 1. The summed E-state index contributed by atoms with van der Waals surface area (Å²) in [6.07, 6.45) is 5.22. The maximum absolute atomic E-state index is 11.4. The van der Waals surface area contributed by atoms with Crippen molar-refractivity contribution >= 4 is 34.6 Å². The van der Waals surface area contributed by atoms with E-state index in [0.29, 0.717) is 10.0 Å². The number of nitro groups is 1. The summed E-state index contributed by atoms with van der Waals surface area (Å²) in [5.74, 6) is 0.706. The Morgan fingerprint density at radius 3 is 2.81 bits per heavy atom. The lowest BCUT2D eigenvalue weighted by Gasteiger charge is -2.38. The number of ether oxygens (including phenoxy) is 1. The summed E-state index contributed by atoms with van der Waals surface area (Å²) in [6, 6.07) is 8.78. The van der Waals surface area contributed by atoms with Crippen molar-refractivity contribution in [1.29, 1.82) is 0 Å². The van der Waals surface area contributed by atoms with Crippen molar-refractivity contribution in [2.45, 2.75) is 18.4 Å². The van der Waals surface area contributed by atoms with Crippen molar-refractivity contribution in [3.63, 3.8) is 0 Å². The predicted octanol–water partition coefficient (Wildman–Crippen LogP) is 5.74. The van der Waals surface area contributed by atoms with Gasteiger partial charge in [0.2, 0.25) is 0 Å². The average molecular weight is 391 g/mol. The van der Waals surface area contributed by atoms with Gasteiger partial charge >= 0.3 is 5.69 Å². The number of fused-ring (bicyclic) bond motifs is 3. The standard InChI is InChI=1S/C19H16Cl2N2O3/c1-26-16-8-5-10(9-15(16)23(24)25)18-12-4-2-3-11(12)13-6-7-14(20)17(21)19(13)22-18/h2-3,5-9,11-12,18,22H,4H2,1H3. The summed E-state index contributed by atoms with van der Waals surface area (Å²) >= 11 is 12.6. The summed E-state index contributed by atoms with van der Waals surface area (Å²) < 4.78 is 5.11. The fraction of sp³-hybridized carbons (Fsp3) is 0.263. The number of halogens is 2. The first-order chi connectivity index (χ1) is 12.5. The molecule has 3 atom stereocenters. The number of benzene rings is 2. The Hall–Kier alpha value is -2.24. The second-order valence-corrected chi connectivity index (χ2v) is 7.27. The van der Waals surface area contributed by atoms with Crippen molar-refractivity contribution in [3.05, 3.63) is 73.8 Å². The van der Waals surface area contributed by atoms with Gasteiger partial charge in [-0.15, -0.1) is 0 Å². The lowest BCUT2D eigenvalue weighted by Crippen LogP contribution is -2.29. The van der Waals surface area contributed by atoms with E-state index in [-0.39, 0.29) is 29.3 Å². The van der Waals surface area contributed by atoms with Crippen LogP contribution < -0.4 is 10.1 Å². The number of methoxy groups -OCH3 is 1. The minimum atomic E-state index is -0.423. The average Bonchev–Trinajstić information content (AvgIpc) is 3.13. The molecule has 2 aliphatic rings. The molecule has 1 aliphatic carbocycles. The first kappa shape index (κ1) is 17.2. The van der Waals surface area contributed by atoms with Crippen LogP contribution in [-0.2, 0) is 0 Å².